The number of nitrogens with zero attached hydrogens (tertiary/aromatic N) is 6. The quantitative estimate of drug-likeness (QED) is 0.306. The molecule has 6 aromatic rings. The van der Waals surface area contributed by atoms with Crippen molar-refractivity contribution in [1.82, 2.24) is 29.8 Å². The van der Waals surface area contributed by atoms with Crippen molar-refractivity contribution in [3.05, 3.63) is 97.1 Å². The molecule has 1 N–H and O–H groups in total. The van der Waals surface area contributed by atoms with Crippen LogP contribution in [0.2, 0.25) is 0 Å². The van der Waals surface area contributed by atoms with Crippen molar-refractivity contribution in [3.8, 4) is 11.6 Å². The summed E-state index contributed by atoms with van der Waals surface area (Å²) in [7, 11) is 0. The highest BCUT2D eigenvalue weighted by atomic mass is 32.2. The van der Waals surface area contributed by atoms with E-state index in [0.717, 1.165) is 33.2 Å². The Morgan fingerprint density at radius 1 is 0.806 bits per heavy atom. The molecule has 6 rings (SSSR count). The van der Waals surface area contributed by atoms with E-state index in [0.29, 0.717) is 23.3 Å². The summed E-state index contributed by atoms with van der Waals surface area (Å²) in [6, 6.07) is 31.5. The van der Waals surface area contributed by atoms with E-state index in [2.05, 4.69) is 25.8 Å². The van der Waals surface area contributed by atoms with E-state index in [-0.39, 0.29) is 5.91 Å². The Morgan fingerprint density at radius 2 is 1.58 bits per heavy atom. The zero-order valence-corrected chi connectivity index (χ0v) is 20.0. The number of aromatic nitrogens is 6. The molecule has 0 aliphatic carbocycles. The number of hydrogen-bond acceptors (Lipinski definition) is 6. The number of hydrogen-bond donors (Lipinski definition) is 1. The van der Waals surface area contributed by atoms with Crippen LogP contribution in [0.25, 0.3) is 33.4 Å². The molecule has 0 unspecified atom stereocenters. The van der Waals surface area contributed by atoms with Crippen molar-refractivity contribution in [2.45, 2.75) is 11.6 Å². The minimum Gasteiger partial charge on any atom is -0.325 e. The maximum atomic E-state index is 12.8. The van der Waals surface area contributed by atoms with E-state index in [4.69, 9.17) is 0 Å². The first-order valence-electron chi connectivity index (χ1n) is 11.5. The van der Waals surface area contributed by atoms with Crippen LogP contribution in [-0.4, -0.2) is 41.4 Å². The SMILES string of the molecule is O=C(CCSc1nnc(-n2nnc3ccccc32)n1-c1ccccc1)Nc1cccc2ccccc12. The zero-order chi connectivity index (χ0) is 24.3. The topological polar surface area (TPSA) is 90.5 Å². The Balaban J connectivity index is 1.23. The molecule has 36 heavy (non-hydrogen) atoms. The van der Waals surface area contributed by atoms with Crippen molar-refractivity contribution < 1.29 is 4.79 Å². The van der Waals surface area contributed by atoms with Gasteiger partial charge >= 0.3 is 0 Å². The molecule has 9 heteroatoms. The van der Waals surface area contributed by atoms with Gasteiger partial charge in [0.1, 0.15) is 5.52 Å². The number of benzene rings is 4. The molecular formula is C27H21N7OS. The molecule has 2 heterocycles. The zero-order valence-electron chi connectivity index (χ0n) is 19.2. The molecule has 0 aliphatic rings. The summed E-state index contributed by atoms with van der Waals surface area (Å²) in [4.78, 5) is 12.8. The van der Waals surface area contributed by atoms with Crippen molar-refractivity contribution in [3.63, 3.8) is 0 Å². The maximum absolute atomic E-state index is 12.8. The second-order valence-corrected chi connectivity index (χ2v) is 9.18. The van der Waals surface area contributed by atoms with E-state index >= 15 is 0 Å². The first kappa shape index (κ1) is 22.0. The molecule has 176 valence electrons. The van der Waals surface area contributed by atoms with Gasteiger partial charge in [-0.3, -0.25) is 9.36 Å². The van der Waals surface area contributed by atoms with Crippen LogP contribution in [0.4, 0.5) is 5.69 Å². The number of anilines is 1. The van der Waals surface area contributed by atoms with Gasteiger partial charge in [0, 0.05) is 23.2 Å². The second kappa shape index (κ2) is 9.63. The summed E-state index contributed by atoms with van der Waals surface area (Å²) in [5.41, 5.74) is 3.34. The lowest BCUT2D eigenvalue weighted by Gasteiger charge is -2.11. The third kappa shape index (κ3) is 4.20. The van der Waals surface area contributed by atoms with E-state index < -0.39 is 0 Å². The number of thioether (sulfide) groups is 1. The minimum absolute atomic E-state index is 0.0490. The molecule has 0 fully saturated rings. The van der Waals surface area contributed by atoms with Gasteiger partial charge in [0.05, 0.1) is 11.2 Å². The Kier molecular flexibility index (Phi) is 5.88. The molecule has 0 bridgehead atoms. The van der Waals surface area contributed by atoms with Gasteiger partial charge in [0.2, 0.25) is 5.91 Å². The highest BCUT2D eigenvalue weighted by Crippen LogP contribution is 2.27. The summed E-state index contributed by atoms with van der Waals surface area (Å²) in [6.07, 6.45) is 0.330. The lowest BCUT2D eigenvalue weighted by atomic mass is 10.1. The normalized spacial score (nSPS) is 11.2. The Hall–Kier alpha value is -4.50. The van der Waals surface area contributed by atoms with Gasteiger partial charge in [-0.2, -0.15) is 4.68 Å². The fraction of sp³-hybridized carbons (Fsp3) is 0.0741. The summed E-state index contributed by atoms with van der Waals surface area (Å²) in [5.74, 6) is 1.03. The van der Waals surface area contributed by atoms with Gasteiger partial charge in [-0.25, -0.2) is 0 Å². The largest absolute Gasteiger partial charge is 0.325 e. The predicted molar refractivity (Wildman–Crippen MR) is 142 cm³/mol. The summed E-state index contributed by atoms with van der Waals surface area (Å²) in [6.45, 7) is 0. The first-order chi connectivity index (χ1) is 17.8. The molecule has 1 amide bonds. The highest BCUT2D eigenvalue weighted by Gasteiger charge is 2.19. The number of para-hydroxylation sites is 2. The van der Waals surface area contributed by atoms with Crippen molar-refractivity contribution in [1.29, 1.82) is 0 Å². The third-order valence-corrected chi connectivity index (χ3v) is 6.73. The van der Waals surface area contributed by atoms with Crippen LogP contribution in [-0.2, 0) is 4.79 Å². The Labute approximate surface area is 211 Å². The third-order valence-electron chi connectivity index (χ3n) is 5.80. The number of carbonyl (C=O) groups is 1. The predicted octanol–water partition coefficient (Wildman–Crippen LogP) is 5.28. The van der Waals surface area contributed by atoms with E-state index in [1.54, 1.807) is 4.68 Å². The van der Waals surface area contributed by atoms with Crippen LogP contribution in [0.1, 0.15) is 6.42 Å². The average molecular weight is 492 g/mol. The molecular weight excluding hydrogens is 470 g/mol. The molecule has 0 atom stereocenters. The number of carbonyl (C=O) groups excluding carboxylic acids is 1. The maximum Gasteiger partial charge on any atom is 0.259 e. The Morgan fingerprint density at radius 3 is 2.50 bits per heavy atom. The molecule has 0 radical (unpaired) electrons. The summed E-state index contributed by atoms with van der Waals surface area (Å²) >= 11 is 1.47. The van der Waals surface area contributed by atoms with Gasteiger partial charge in [-0.05, 0) is 35.7 Å². The molecule has 8 nitrogen and oxygen atoms in total. The van der Waals surface area contributed by atoms with Gasteiger partial charge in [0.25, 0.3) is 5.95 Å². The van der Waals surface area contributed by atoms with Gasteiger partial charge in [-0.15, -0.1) is 15.3 Å². The monoisotopic (exact) mass is 491 g/mol. The van der Waals surface area contributed by atoms with E-state index in [1.807, 2.05) is 102 Å². The number of amides is 1. The van der Waals surface area contributed by atoms with Crippen LogP contribution < -0.4 is 5.32 Å². The molecule has 0 saturated heterocycles. The van der Waals surface area contributed by atoms with Gasteiger partial charge in [0.15, 0.2) is 5.16 Å². The second-order valence-electron chi connectivity index (χ2n) is 8.12. The first-order valence-corrected chi connectivity index (χ1v) is 12.5. The Bertz CT molecular complexity index is 1670. The van der Waals surface area contributed by atoms with Crippen LogP contribution in [0.15, 0.2) is 102 Å². The minimum atomic E-state index is -0.0490. The summed E-state index contributed by atoms with van der Waals surface area (Å²) in [5, 5.41) is 23.3. The van der Waals surface area contributed by atoms with Crippen LogP contribution >= 0.6 is 11.8 Å². The van der Waals surface area contributed by atoms with E-state index in [1.165, 1.54) is 11.8 Å². The molecule has 0 saturated carbocycles. The molecule has 0 aliphatic heterocycles. The fourth-order valence-electron chi connectivity index (χ4n) is 4.09. The van der Waals surface area contributed by atoms with Crippen LogP contribution in [0.5, 0.6) is 0 Å². The number of rotatable bonds is 7. The van der Waals surface area contributed by atoms with Gasteiger partial charge in [-0.1, -0.05) is 83.7 Å². The van der Waals surface area contributed by atoms with Crippen molar-refractivity contribution in [2.75, 3.05) is 11.1 Å². The molecule has 0 spiro atoms. The van der Waals surface area contributed by atoms with E-state index in [9.17, 15) is 4.79 Å². The number of fused-ring (bicyclic) bond motifs is 2. The molecule has 4 aromatic carbocycles. The highest BCUT2D eigenvalue weighted by molar-refractivity contribution is 7.99. The van der Waals surface area contributed by atoms with Gasteiger partial charge < -0.3 is 5.32 Å². The average Bonchev–Trinajstić information content (AvgIpc) is 3.53. The summed E-state index contributed by atoms with van der Waals surface area (Å²) < 4.78 is 3.63. The molecule has 2 aromatic heterocycles. The fourth-order valence-corrected chi connectivity index (χ4v) is 4.98. The van der Waals surface area contributed by atoms with Crippen molar-refractivity contribution in [2.24, 2.45) is 0 Å². The lowest BCUT2D eigenvalue weighted by molar-refractivity contribution is -0.115. The standard InChI is InChI=1S/C27H21N7OS/c35-25(28-22-15-8-10-19-9-4-5-13-21(19)22)17-18-36-27-31-30-26(33(27)20-11-2-1-3-12-20)34-24-16-7-6-14-23(24)29-32-34/h1-16H,17-18H2,(H,28,35). The number of nitrogens with one attached hydrogen (secondary N) is 1. The lowest BCUT2D eigenvalue weighted by Crippen LogP contribution is -2.13. The smallest absolute Gasteiger partial charge is 0.259 e. The van der Waals surface area contributed by atoms with Crippen LogP contribution in [0.3, 0.4) is 0 Å². The van der Waals surface area contributed by atoms with Crippen molar-refractivity contribution >= 4 is 45.2 Å². The van der Waals surface area contributed by atoms with Crippen LogP contribution in [0, 0.1) is 0 Å².